The van der Waals surface area contributed by atoms with Gasteiger partial charge in [0.25, 0.3) is 0 Å². The minimum absolute atomic E-state index is 0.173. The molecule has 30 heavy (non-hydrogen) atoms. The fourth-order valence-corrected chi connectivity index (χ4v) is 3.14. The quantitative estimate of drug-likeness (QED) is 0.432. The summed E-state index contributed by atoms with van der Waals surface area (Å²) in [5, 5.41) is 16.6. The number of carbonyl (C=O) groups excluding carboxylic acids is 1. The normalized spacial score (nSPS) is 14.2. The molecule has 0 unspecified atom stereocenters. The van der Waals surface area contributed by atoms with Crippen LogP contribution < -0.4 is 16.0 Å². The molecule has 3 aromatic rings. The number of H-pyrrole nitrogens is 1. The number of hydrogen-bond acceptors (Lipinski definition) is 6. The van der Waals surface area contributed by atoms with E-state index >= 15 is 0 Å². The second kappa shape index (κ2) is 8.66. The maximum Gasteiger partial charge on any atom is 0.225 e. The highest BCUT2D eigenvalue weighted by molar-refractivity contribution is 6.32. The van der Waals surface area contributed by atoms with Crippen molar-refractivity contribution in [3.8, 4) is 0 Å². The molecule has 0 aliphatic heterocycles. The van der Waals surface area contributed by atoms with E-state index in [9.17, 15) is 9.18 Å². The first-order valence-corrected chi connectivity index (χ1v) is 9.97. The number of hydrogen-bond donors (Lipinski definition) is 4. The molecule has 1 atom stereocenters. The second-order valence-electron chi connectivity index (χ2n) is 7.18. The molecule has 1 amide bonds. The van der Waals surface area contributed by atoms with Crippen molar-refractivity contribution >= 4 is 35.1 Å². The van der Waals surface area contributed by atoms with Crippen molar-refractivity contribution in [2.45, 2.75) is 31.7 Å². The van der Waals surface area contributed by atoms with Crippen LogP contribution in [0.25, 0.3) is 0 Å². The summed E-state index contributed by atoms with van der Waals surface area (Å²) in [6.45, 7) is 1.71. The van der Waals surface area contributed by atoms with Crippen LogP contribution in [0.2, 0.25) is 5.02 Å². The number of nitrogens with zero attached hydrogens (tertiary/aromatic N) is 3. The molecule has 156 valence electrons. The van der Waals surface area contributed by atoms with Crippen LogP contribution in [0.15, 0.2) is 36.5 Å². The third-order valence-electron chi connectivity index (χ3n) is 4.74. The first-order chi connectivity index (χ1) is 14.5. The molecule has 0 radical (unpaired) electrons. The number of nitrogens with one attached hydrogen (secondary N) is 4. The van der Waals surface area contributed by atoms with Crippen molar-refractivity contribution < 1.29 is 9.18 Å². The number of carbonyl (C=O) groups is 1. The summed E-state index contributed by atoms with van der Waals surface area (Å²) in [5.41, 5.74) is 1.87. The van der Waals surface area contributed by atoms with Crippen LogP contribution >= 0.6 is 11.6 Å². The minimum Gasteiger partial charge on any atom is -0.354 e. The lowest BCUT2D eigenvalue weighted by Gasteiger charge is -2.20. The maximum atomic E-state index is 13.3. The molecule has 1 aliphatic carbocycles. The predicted octanol–water partition coefficient (Wildman–Crippen LogP) is 3.90. The third kappa shape index (κ3) is 5.04. The van der Waals surface area contributed by atoms with Crippen molar-refractivity contribution in [3.05, 3.63) is 58.6 Å². The first-order valence-electron chi connectivity index (χ1n) is 9.59. The van der Waals surface area contributed by atoms with Gasteiger partial charge in [-0.2, -0.15) is 10.1 Å². The van der Waals surface area contributed by atoms with Gasteiger partial charge < -0.3 is 16.0 Å². The number of benzene rings is 1. The number of rotatable bonds is 8. The van der Waals surface area contributed by atoms with E-state index in [0.29, 0.717) is 28.5 Å². The van der Waals surface area contributed by atoms with Gasteiger partial charge in [-0.1, -0.05) is 23.7 Å². The molecule has 0 bridgehead atoms. The number of amides is 1. The lowest BCUT2D eigenvalue weighted by molar-refractivity contribution is -0.119. The molecule has 4 rings (SSSR count). The molecule has 0 spiro atoms. The van der Waals surface area contributed by atoms with Crippen LogP contribution in [0.3, 0.4) is 0 Å². The van der Waals surface area contributed by atoms with Gasteiger partial charge in [0.15, 0.2) is 11.6 Å². The lowest BCUT2D eigenvalue weighted by atomic mass is 10.1. The van der Waals surface area contributed by atoms with Gasteiger partial charge in [0.05, 0.1) is 12.2 Å². The Hall–Kier alpha value is -3.20. The largest absolute Gasteiger partial charge is 0.354 e. The topological polar surface area (TPSA) is 108 Å². The van der Waals surface area contributed by atoms with Crippen molar-refractivity contribution in [1.82, 2.24) is 25.5 Å². The molecule has 2 heterocycles. The SMILES string of the molecule is CC(=O)NC[C@H](Nc1ncc(Cl)c(Nc2cc(C3CC3)[nH]n2)n1)c1ccc(F)cc1. The highest BCUT2D eigenvalue weighted by Crippen LogP contribution is 2.39. The van der Waals surface area contributed by atoms with Gasteiger partial charge >= 0.3 is 0 Å². The minimum atomic E-state index is -0.365. The number of anilines is 3. The fraction of sp³-hybridized carbons (Fsp3) is 0.300. The molecule has 1 aliphatic rings. The Morgan fingerprint density at radius 3 is 2.80 bits per heavy atom. The van der Waals surface area contributed by atoms with Gasteiger partial charge in [-0.15, -0.1) is 0 Å². The highest BCUT2D eigenvalue weighted by atomic mass is 35.5. The zero-order valence-electron chi connectivity index (χ0n) is 16.2. The first kappa shape index (κ1) is 20.1. The Kier molecular flexibility index (Phi) is 5.80. The van der Waals surface area contributed by atoms with Gasteiger partial charge in [0, 0.05) is 31.1 Å². The molecular formula is C20H21ClFN7O. The van der Waals surface area contributed by atoms with E-state index in [0.717, 1.165) is 11.3 Å². The Labute approximate surface area is 177 Å². The summed E-state index contributed by atoms with van der Waals surface area (Å²) in [5.74, 6) is 1.37. The van der Waals surface area contributed by atoms with Crippen molar-refractivity contribution in [2.24, 2.45) is 0 Å². The van der Waals surface area contributed by atoms with Crippen LogP contribution in [-0.2, 0) is 4.79 Å². The molecule has 1 saturated carbocycles. The summed E-state index contributed by atoms with van der Waals surface area (Å²) in [7, 11) is 0. The van der Waals surface area contributed by atoms with E-state index in [1.54, 1.807) is 12.1 Å². The van der Waals surface area contributed by atoms with Crippen LogP contribution in [0.4, 0.5) is 22.0 Å². The monoisotopic (exact) mass is 429 g/mol. The molecule has 1 fully saturated rings. The molecule has 4 N–H and O–H groups in total. The molecular weight excluding hydrogens is 409 g/mol. The summed E-state index contributed by atoms with van der Waals surface area (Å²) >= 11 is 6.25. The Balaban J connectivity index is 1.52. The maximum absolute atomic E-state index is 13.3. The van der Waals surface area contributed by atoms with E-state index in [2.05, 4.69) is 36.1 Å². The van der Waals surface area contributed by atoms with Gasteiger partial charge in [-0.25, -0.2) is 9.37 Å². The van der Waals surface area contributed by atoms with E-state index in [1.807, 2.05) is 6.07 Å². The summed E-state index contributed by atoms with van der Waals surface area (Å²) < 4.78 is 13.3. The number of halogens is 2. The van der Waals surface area contributed by atoms with Crippen molar-refractivity contribution in [3.63, 3.8) is 0 Å². The standard InChI is InChI=1S/C20H21ClFN7O/c1-11(30)23-10-17(13-4-6-14(22)7-5-13)25-20-24-9-15(21)19(27-20)26-18-8-16(28-29-18)12-2-3-12/h4-9,12,17H,2-3,10H2,1H3,(H,23,30)(H3,24,25,26,27,28,29)/t17-/m0/s1. The van der Waals surface area contributed by atoms with Crippen molar-refractivity contribution in [1.29, 1.82) is 0 Å². The average molecular weight is 430 g/mol. The van der Waals surface area contributed by atoms with Crippen LogP contribution in [0.5, 0.6) is 0 Å². The summed E-state index contributed by atoms with van der Waals surface area (Å²) in [6.07, 6.45) is 3.82. The Morgan fingerprint density at radius 1 is 1.33 bits per heavy atom. The predicted molar refractivity (Wildman–Crippen MR) is 112 cm³/mol. The second-order valence-corrected chi connectivity index (χ2v) is 7.59. The average Bonchev–Trinajstić information content (AvgIpc) is 3.47. The van der Waals surface area contributed by atoms with Gasteiger partial charge in [0.2, 0.25) is 11.9 Å². The van der Waals surface area contributed by atoms with Crippen LogP contribution in [-0.4, -0.2) is 32.6 Å². The lowest BCUT2D eigenvalue weighted by Crippen LogP contribution is -2.30. The zero-order valence-corrected chi connectivity index (χ0v) is 17.0. The number of aromatic nitrogens is 4. The number of aromatic amines is 1. The van der Waals surface area contributed by atoms with E-state index in [1.165, 1.54) is 38.1 Å². The summed E-state index contributed by atoms with van der Waals surface area (Å²) in [4.78, 5) is 20.0. The van der Waals surface area contributed by atoms with E-state index < -0.39 is 0 Å². The van der Waals surface area contributed by atoms with E-state index in [4.69, 9.17) is 11.6 Å². The van der Waals surface area contributed by atoms with Crippen LogP contribution in [0.1, 0.15) is 43.0 Å². The van der Waals surface area contributed by atoms with E-state index in [-0.39, 0.29) is 24.3 Å². The molecule has 10 heteroatoms. The third-order valence-corrected chi connectivity index (χ3v) is 5.01. The zero-order chi connectivity index (χ0) is 21.1. The van der Waals surface area contributed by atoms with Crippen molar-refractivity contribution in [2.75, 3.05) is 17.2 Å². The summed E-state index contributed by atoms with van der Waals surface area (Å²) in [6, 6.07) is 7.60. The van der Waals surface area contributed by atoms with Gasteiger partial charge in [-0.05, 0) is 30.5 Å². The smallest absolute Gasteiger partial charge is 0.225 e. The molecule has 0 saturated heterocycles. The molecule has 8 nitrogen and oxygen atoms in total. The fourth-order valence-electron chi connectivity index (χ4n) is 3.00. The Bertz CT molecular complexity index is 1040. The highest BCUT2D eigenvalue weighted by Gasteiger charge is 2.25. The molecule has 1 aromatic carbocycles. The molecule has 2 aromatic heterocycles. The van der Waals surface area contributed by atoms with Gasteiger partial charge in [-0.3, -0.25) is 9.89 Å². The Morgan fingerprint density at radius 2 is 2.10 bits per heavy atom. The van der Waals surface area contributed by atoms with Crippen LogP contribution in [0, 0.1) is 5.82 Å². The van der Waals surface area contributed by atoms with Gasteiger partial charge in [0.1, 0.15) is 10.8 Å².